The Morgan fingerprint density at radius 3 is 0.900 bits per heavy atom. The number of hydrogen-bond acceptors (Lipinski definition) is 1. The number of carbonyl (C=O) groups is 1. The molecule has 0 aliphatic heterocycles. The Balaban J connectivity index is 1.63. The summed E-state index contributed by atoms with van der Waals surface area (Å²) in [5.74, 6) is 0. The summed E-state index contributed by atoms with van der Waals surface area (Å²) >= 11 is 0. The average molecular weight is 549 g/mol. The molecule has 0 amide bonds. The van der Waals surface area contributed by atoms with Gasteiger partial charge in [-0.25, -0.2) is 0 Å². The number of halogens is 6. The van der Waals surface area contributed by atoms with Gasteiger partial charge in [0, 0.05) is 5.56 Å². The molecule has 0 radical (unpaired) electrons. The van der Waals surface area contributed by atoms with Crippen LogP contribution in [0.1, 0.15) is 54.9 Å². The van der Waals surface area contributed by atoms with E-state index in [4.69, 9.17) is 0 Å². The molecule has 0 spiro atoms. The van der Waals surface area contributed by atoms with Crippen molar-refractivity contribution in [2.24, 2.45) is 0 Å². The molecule has 40 heavy (non-hydrogen) atoms. The predicted molar refractivity (Wildman–Crippen MR) is 148 cm³/mol. The van der Waals surface area contributed by atoms with E-state index in [0.717, 1.165) is 52.8 Å². The molecule has 4 aromatic carbocycles. The lowest BCUT2D eigenvalue weighted by Gasteiger charge is -2.06. The van der Waals surface area contributed by atoms with Crippen LogP contribution >= 0.6 is 0 Å². The highest BCUT2D eigenvalue weighted by molar-refractivity contribution is 5.80. The third-order valence-electron chi connectivity index (χ3n) is 5.95. The number of alkyl halides is 6. The number of benzene rings is 4. The van der Waals surface area contributed by atoms with Crippen LogP contribution in [0.4, 0.5) is 26.3 Å². The van der Waals surface area contributed by atoms with Crippen LogP contribution in [0.2, 0.25) is 0 Å². The van der Waals surface area contributed by atoms with Crippen molar-refractivity contribution in [1.29, 1.82) is 0 Å². The van der Waals surface area contributed by atoms with Crippen LogP contribution in [0.3, 0.4) is 0 Å². The molecule has 0 N–H and O–H groups in total. The van der Waals surface area contributed by atoms with Gasteiger partial charge >= 0.3 is 12.4 Å². The summed E-state index contributed by atoms with van der Waals surface area (Å²) in [6.45, 7) is 0. The Morgan fingerprint density at radius 2 is 0.625 bits per heavy atom. The summed E-state index contributed by atoms with van der Waals surface area (Å²) in [4.78, 5) is 10.9. The molecule has 0 atom stereocenters. The number of rotatable bonds is 7. The smallest absolute Gasteiger partial charge is 0.298 e. The van der Waals surface area contributed by atoms with Crippen molar-refractivity contribution in [3.05, 3.63) is 141 Å². The van der Waals surface area contributed by atoms with Crippen LogP contribution < -0.4 is 0 Å². The molecule has 4 aromatic rings. The van der Waals surface area contributed by atoms with Gasteiger partial charge in [0.15, 0.2) is 0 Å². The van der Waals surface area contributed by atoms with Gasteiger partial charge in [0.1, 0.15) is 6.29 Å². The average Bonchev–Trinajstić information content (AvgIpc) is 2.93. The minimum absolute atomic E-state index is 0.559. The molecule has 0 saturated heterocycles. The highest BCUT2D eigenvalue weighted by Gasteiger charge is 2.30. The fourth-order valence-electron chi connectivity index (χ4n) is 3.82. The van der Waals surface area contributed by atoms with Crippen LogP contribution in [-0.2, 0) is 12.4 Å². The van der Waals surface area contributed by atoms with Gasteiger partial charge in [0.05, 0.1) is 11.1 Å². The van der Waals surface area contributed by atoms with Gasteiger partial charge in [-0.3, -0.25) is 4.79 Å². The van der Waals surface area contributed by atoms with E-state index in [-0.39, 0.29) is 0 Å². The molecule has 0 fully saturated rings. The molecule has 0 aliphatic rings. The summed E-state index contributed by atoms with van der Waals surface area (Å²) in [5.41, 5.74) is 3.51. The van der Waals surface area contributed by atoms with E-state index >= 15 is 0 Å². The molecule has 0 aliphatic carbocycles. The number of hydrogen-bond donors (Lipinski definition) is 0. The maximum Gasteiger partial charge on any atom is 0.416 e. The van der Waals surface area contributed by atoms with Gasteiger partial charge in [-0.1, -0.05) is 85.0 Å². The van der Waals surface area contributed by atoms with E-state index in [1.807, 2.05) is 30.4 Å². The molecule has 0 saturated carbocycles. The Labute approximate surface area is 227 Å². The fourth-order valence-corrected chi connectivity index (χ4v) is 3.82. The van der Waals surface area contributed by atoms with E-state index in [2.05, 4.69) is 0 Å². The van der Waals surface area contributed by atoms with Crippen molar-refractivity contribution in [3.63, 3.8) is 0 Å². The van der Waals surface area contributed by atoms with Gasteiger partial charge in [0.25, 0.3) is 0 Å². The van der Waals surface area contributed by atoms with Crippen molar-refractivity contribution < 1.29 is 31.1 Å². The second-order valence-electron chi connectivity index (χ2n) is 8.96. The lowest BCUT2D eigenvalue weighted by atomic mass is 10.0. The second kappa shape index (κ2) is 12.0. The van der Waals surface area contributed by atoms with Crippen LogP contribution in [0.15, 0.2) is 91.0 Å². The quantitative estimate of drug-likeness (QED) is 0.128. The van der Waals surface area contributed by atoms with Crippen LogP contribution in [-0.4, -0.2) is 6.29 Å². The van der Waals surface area contributed by atoms with Crippen molar-refractivity contribution in [2.75, 3.05) is 0 Å². The topological polar surface area (TPSA) is 17.1 Å². The normalized spacial score (nSPS) is 12.6. The zero-order valence-electron chi connectivity index (χ0n) is 20.9. The molecule has 202 valence electrons. The van der Waals surface area contributed by atoms with Crippen molar-refractivity contribution in [2.45, 2.75) is 12.4 Å². The van der Waals surface area contributed by atoms with Crippen molar-refractivity contribution >= 4 is 42.7 Å². The first-order valence-corrected chi connectivity index (χ1v) is 12.1. The summed E-state index contributed by atoms with van der Waals surface area (Å²) in [6, 6.07) is 22.3. The fraction of sp³-hybridized carbons (Fsp3) is 0.0606. The molecule has 0 unspecified atom stereocenters. The zero-order chi connectivity index (χ0) is 28.8. The first kappa shape index (κ1) is 28.4. The molecule has 7 heteroatoms. The maximum absolute atomic E-state index is 12.9. The molecule has 0 bridgehead atoms. The third-order valence-corrected chi connectivity index (χ3v) is 5.95. The number of carbonyl (C=O) groups excluding carboxylic acids is 1. The number of aldehydes is 1. The minimum atomic E-state index is -4.41. The van der Waals surface area contributed by atoms with Gasteiger partial charge < -0.3 is 0 Å². The zero-order valence-corrected chi connectivity index (χ0v) is 20.9. The van der Waals surface area contributed by atoms with E-state index in [9.17, 15) is 31.1 Å². The summed E-state index contributed by atoms with van der Waals surface area (Å²) in [7, 11) is 0. The maximum atomic E-state index is 12.9. The van der Waals surface area contributed by atoms with Crippen LogP contribution in [0, 0.1) is 0 Å². The van der Waals surface area contributed by atoms with Gasteiger partial charge in [-0.2, -0.15) is 26.3 Å². The van der Waals surface area contributed by atoms with E-state index in [1.165, 1.54) is 24.3 Å². The predicted octanol–water partition coefficient (Wildman–Crippen LogP) is 10.0. The third kappa shape index (κ3) is 7.93. The Hall–Kier alpha value is -4.65. The first-order chi connectivity index (χ1) is 19.0. The van der Waals surface area contributed by atoms with E-state index in [0.29, 0.717) is 16.7 Å². The Morgan fingerprint density at radius 1 is 0.375 bits per heavy atom. The van der Waals surface area contributed by atoms with Crippen LogP contribution in [0.5, 0.6) is 0 Å². The second-order valence-corrected chi connectivity index (χ2v) is 8.96. The van der Waals surface area contributed by atoms with Gasteiger partial charge in [0.2, 0.25) is 0 Å². The largest absolute Gasteiger partial charge is 0.416 e. The van der Waals surface area contributed by atoms with Crippen molar-refractivity contribution in [1.82, 2.24) is 0 Å². The summed E-state index contributed by atoms with van der Waals surface area (Å²) in [6.07, 6.45) is 2.62. The molecule has 0 aromatic heterocycles. The highest BCUT2D eigenvalue weighted by Crippen LogP contribution is 2.30. The molecule has 0 heterocycles. The molecular weight excluding hydrogens is 526 g/mol. The Bertz CT molecular complexity index is 1450. The SMILES string of the molecule is O=Cc1ccc(/C=C/c2cc(/C=C/c3ccc(C(F)(F)F)cc3)cc(/C=C/c3ccc(C(F)(F)F)cc3)c2)cc1. The molecular formula is C33H22F6O. The van der Waals surface area contributed by atoms with Crippen molar-refractivity contribution in [3.8, 4) is 0 Å². The standard InChI is InChI=1S/C33H22F6O/c34-32(35,36)30-15-11-24(12-16-30)4-9-28-19-27(8-3-23-1-6-26(22-40)7-2-23)20-29(21-28)10-5-25-13-17-31(18-14-25)33(37,38)39/h1-22H/b8-3+,9-4+,10-5+. The van der Waals surface area contributed by atoms with Crippen LogP contribution in [0.25, 0.3) is 36.5 Å². The Kier molecular flexibility index (Phi) is 8.53. The van der Waals surface area contributed by atoms with Gasteiger partial charge in [-0.05, 0) is 75.8 Å². The monoisotopic (exact) mass is 548 g/mol. The van der Waals surface area contributed by atoms with Gasteiger partial charge in [-0.15, -0.1) is 0 Å². The minimum Gasteiger partial charge on any atom is -0.298 e. The summed E-state index contributed by atoms with van der Waals surface area (Å²) < 4.78 is 77.2. The van der Waals surface area contributed by atoms with E-state index in [1.54, 1.807) is 48.6 Å². The lowest BCUT2D eigenvalue weighted by molar-refractivity contribution is -0.138. The summed E-state index contributed by atoms with van der Waals surface area (Å²) in [5, 5.41) is 0. The van der Waals surface area contributed by atoms with E-state index < -0.39 is 23.5 Å². The molecule has 1 nitrogen and oxygen atoms in total. The lowest BCUT2D eigenvalue weighted by Crippen LogP contribution is -2.03. The molecule has 4 rings (SSSR count). The first-order valence-electron chi connectivity index (χ1n) is 12.1. The highest BCUT2D eigenvalue weighted by atomic mass is 19.4.